The SMILES string of the molecule is Cc1ccc(N=Nc2ccc(C(=O)O)cc2)c(N)c1C. The number of carboxylic acids is 1. The summed E-state index contributed by atoms with van der Waals surface area (Å²) in [6, 6.07) is 9.93. The van der Waals surface area contributed by atoms with E-state index >= 15 is 0 Å². The smallest absolute Gasteiger partial charge is 0.335 e. The van der Waals surface area contributed by atoms with Gasteiger partial charge in [0.05, 0.1) is 16.9 Å². The van der Waals surface area contributed by atoms with E-state index in [0.717, 1.165) is 11.1 Å². The molecule has 0 aliphatic rings. The summed E-state index contributed by atoms with van der Waals surface area (Å²) in [5.41, 5.74) is 10.1. The molecule has 0 unspecified atom stereocenters. The van der Waals surface area contributed by atoms with Crippen LogP contribution in [0.3, 0.4) is 0 Å². The zero-order chi connectivity index (χ0) is 14.7. The van der Waals surface area contributed by atoms with E-state index in [9.17, 15) is 4.79 Å². The maximum Gasteiger partial charge on any atom is 0.335 e. The molecule has 0 radical (unpaired) electrons. The Bertz CT molecular complexity index is 676. The first-order valence-corrected chi connectivity index (χ1v) is 6.10. The van der Waals surface area contributed by atoms with Crippen LogP contribution in [0.25, 0.3) is 0 Å². The van der Waals surface area contributed by atoms with Gasteiger partial charge in [0, 0.05) is 0 Å². The fraction of sp³-hybridized carbons (Fsp3) is 0.133. The van der Waals surface area contributed by atoms with Crippen molar-refractivity contribution in [1.82, 2.24) is 0 Å². The number of nitrogen functional groups attached to an aromatic ring is 1. The van der Waals surface area contributed by atoms with Crippen molar-refractivity contribution in [2.45, 2.75) is 13.8 Å². The van der Waals surface area contributed by atoms with Crippen molar-refractivity contribution in [3.05, 3.63) is 53.1 Å². The molecule has 0 saturated heterocycles. The van der Waals surface area contributed by atoms with Crippen LogP contribution in [0.2, 0.25) is 0 Å². The summed E-state index contributed by atoms with van der Waals surface area (Å²) in [5.74, 6) is -0.966. The van der Waals surface area contributed by atoms with Gasteiger partial charge in [0.25, 0.3) is 0 Å². The number of anilines is 1. The number of benzene rings is 2. The Morgan fingerprint density at radius 3 is 2.30 bits per heavy atom. The Kier molecular flexibility index (Phi) is 3.79. The molecule has 0 amide bonds. The van der Waals surface area contributed by atoms with Crippen molar-refractivity contribution in [3.8, 4) is 0 Å². The topological polar surface area (TPSA) is 88.0 Å². The second kappa shape index (κ2) is 5.52. The van der Waals surface area contributed by atoms with Gasteiger partial charge in [-0.15, -0.1) is 5.11 Å². The van der Waals surface area contributed by atoms with Crippen LogP contribution in [0.15, 0.2) is 46.6 Å². The number of aromatic carboxylic acids is 1. The molecule has 2 rings (SSSR count). The van der Waals surface area contributed by atoms with Crippen LogP contribution in [0.5, 0.6) is 0 Å². The van der Waals surface area contributed by atoms with E-state index in [1.54, 1.807) is 12.1 Å². The summed E-state index contributed by atoms with van der Waals surface area (Å²) in [6.07, 6.45) is 0. The molecule has 0 aromatic heterocycles. The van der Waals surface area contributed by atoms with Crippen molar-refractivity contribution in [2.75, 3.05) is 5.73 Å². The zero-order valence-corrected chi connectivity index (χ0v) is 11.3. The molecule has 2 aromatic carbocycles. The van der Waals surface area contributed by atoms with Gasteiger partial charge in [0.15, 0.2) is 0 Å². The molecule has 102 valence electrons. The minimum atomic E-state index is -0.966. The van der Waals surface area contributed by atoms with Crippen LogP contribution in [0, 0.1) is 13.8 Å². The fourth-order valence-electron chi connectivity index (χ4n) is 1.69. The maximum absolute atomic E-state index is 10.7. The van der Waals surface area contributed by atoms with Crippen molar-refractivity contribution < 1.29 is 9.90 Å². The average Bonchev–Trinajstić information content (AvgIpc) is 2.44. The molecule has 0 saturated carbocycles. The monoisotopic (exact) mass is 269 g/mol. The number of rotatable bonds is 3. The zero-order valence-electron chi connectivity index (χ0n) is 11.3. The second-order valence-electron chi connectivity index (χ2n) is 4.49. The lowest BCUT2D eigenvalue weighted by Gasteiger charge is -2.06. The first kappa shape index (κ1) is 13.7. The molecule has 5 heteroatoms. The molecule has 0 spiro atoms. The molecule has 3 N–H and O–H groups in total. The Labute approximate surface area is 116 Å². The van der Waals surface area contributed by atoms with Gasteiger partial charge in [-0.3, -0.25) is 0 Å². The van der Waals surface area contributed by atoms with Crippen molar-refractivity contribution >= 4 is 23.0 Å². The molecule has 5 nitrogen and oxygen atoms in total. The van der Waals surface area contributed by atoms with Gasteiger partial charge in [-0.05, 0) is 55.3 Å². The van der Waals surface area contributed by atoms with Gasteiger partial charge < -0.3 is 10.8 Å². The van der Waals surface area contributed by atoms with E-state index in [2.05, 4.69) is 10.2 Å². The predicted molar refractivity (Wildman–Crippen MR) is 77.9 cm³/mol. The number of aryl methyl sites for hydroxylation is 1. The van der Waals surface area contributed by atoms with Gasteiger partial charge in [0.2, 0.25) is 0 Å². The maximum atomic E-state index is 10.7. The number of nitrogens with two attached hydrogens (primary N) is 1. The van der Waals surface area contributed by atoms with E-state index < -0.39 is 5.97 Å². The van der Waals surface area contributed by atoms with Crippen molar-refractivity contribution in [1.29, 1.82) is 0 Å². The van der Waals surface area contributed by atoms with E-state index in [1.165, 1.54) is 12.1 Å². The van der Waals surface area contributed by atoms with Crippen LogP contribution < -0.4 is 5.73 Å². The van der Waals surface area contributed by atoms with Crippen molar-refractivity contribution in [2.24, 2.45) is 10.2 Å². The normalized spacial score (nSPS) is 10.9. The minimum absolute atomic E-state index is 0.217. The van der Waals surface area contributed by atoms with E-state index in [4.69, 9.17) is 10.8 Å². The average molecular weight is 269 g/mol. The third-order valence-corrected chi connectivity index (χ3v) is 3.15. The fourth-order valence-corrected chi connectivity index (χ4v) is 1.69. The highest BCUT2D eigenvalue weighted by Crippen LogP contribution is 2.29. The van der Waals surface area contributed by atoms with Crippen LogP contribution in [0.1, 0.15) is 21.5 Å². The summed E-state index contributed by atoms with van der Waals surface area (Å²) in [5, 5.41) is 17.0. The molecule has 0 atom stereocenters. The minimum Gasteiger partial charge on any atom is -0.478 e. The number of carboxylic acid groups (broad SMARTS) is 1. The second-order valence-corrected chi connectivity index (χ2v) is 4.49. The standard InChI is InChI=1S/C15H15N3O2/c1-9-3-8-13(14(16)10(9)2)18-17-12-6-4-11(5-7-12)15(19)20/h3-8H,16H2,1-2H3,(H,19,20). The highest BCUT2D eigenvalue weighted by Gasteiger charge is 2.04. The Hall–Kier alpha value is -2.69. The summed E-state index contributed by atoms with van der Waals surface area (Å²) in [7, 11) is 0. The quantitative estimate of drug-likeness (QED) is 0.652. The Morgan fingerprint density at radius 1 is 1.05 bits per heavy atom. The van der Waals surface area contributed by atoms with E-state index in [1.807, 2.05) is 26.0 Å². The number of hydrogen-bond donors (Lipinski definition) is 2. The van der Waals surface area contributed by atoms with E-state index in [0.29, 0.717) is 17.1 Å². The highest BCUT2D eigenvalue weighted by atomic mass is 16.4. The largest absolute Gasteiger partial charge is 0.478 e. The van der Waals surface area contributed by atoms with Gasteiger partial charge >= 0.3 is 5.97 Å². The Balaban J connectivity index is 2.25. The first-order chi connectivity index (χ1) is 9.49. The molecule has 0 heterocycles. The van der Waals surface area contributed by atoms with Gasteiger partial charge in [-0.1, -0.05) is 6.07 Å². The molecule has 0 bridgehead atoms. The third-order valence-electron chi connectivity index (χ3n) is 3.15. The van der Waals surface area contributed by atoms with Crippen molar-refractivity contribution in [3.63, 3.8) is 0 Å². The molecule has 20 heavy (non-hydrogen) atoms. The summed E-state index contributed by atoms with van der Waals surface area (Å²) in [6.45, 7) is 3.92. The van der Waals surface area contributed by atoms with Gasteiger partial charge in [0.1, 0.15) is 5.69 Å². The molecule has 0 aliphatic carbocycles. The number of azo groups is 1. The lowest BCUT2D eigenvalue weighted by Crippen LogP contribution is -1.94. The summed E-state index contributed by atoms with van der Waals surface area (Å²) < 4.78 is 0. The first-order valence-electron chi connectivity index (χ1n) is 6.10. The molecular weight excluding hydrogens is 254 g/mol. The number of carbonyl (C=O) groups is 1. The molecule has 0 fully saturated rings. The lowest BCUT2D eigenvalue weighted by molar-refractivity contribution is 0.0697. The Morgan fingerprint density at radius 2 is 1.70 bits per heavy atom. The summed E-state index contributed by atoms with van der Waals surface area (Å²) in [4.78, 5) is 10.7. The third kappa shape index (κ3) is 2.83. The molecular formula is C15H15N3O2. The highest BCUT2D eigenvalue weighted by molar-refractivity contribution is 5.87. The van der Waals surface area contributed by atoms with Crippen LogP contribution >= 0.6 is 0 Å². The predicted octanol–water partition coefficient (Wildman–Crippen LogP) is 4.00. The summed E-state index contributed by atoms with van der Waals surface area (Å²) >= 11 is 0. The van der Waals surface area contributed by atoms with Crippen LogP contribution in [-0.2, 0) is 0 Å². The molecule has 2 aromatic rings. The number of nitrogens with zero attached hydrogens (tertiary/aromatic N) is 2. The lowest BCUT2D eigenvalue weighted by atomic mass is 10.1. The number of hydrogen-bond acceptors (Lipinski definition) is 4. The van der Waals surface area contributed by atoms with Gasteiger partial charge in [-0.25, -0.2) is 4.79 Å². The van der Waals surface area contributed by atoms with Crippen LogP contribution in [-0.4, -0.2) is 11.1 Å². The van der Waals surface area contributed by atoms with Crippen LogP contribution in [0.4, 0.5) is 17.1 Å². The molecule has 0 aliphatic heterocycles. The van der Waals surface area contributed by atoms with Gasteiger partial charge in [-0.2, -0.15) is 5.11 Å². The van der Waals surface area contributed by atoms with E-state index in [-0.39, 0.29) is 5.56 Å².